The lowest BCUT2D eigenvalue weighted by Gasteiger charge is -2.26. The van der Waals surface area contributed by atoms with Crippen LogP contribution in [0.25, 0.3) is 0 Å². The summed E-state index contributed by atoms with van der Waals surface area (Å²) in [6.45, 7) is 4.53. The molecule has 3 rings (SSSR count). The van der Waals surface area contributed by atoms with Gasteiger partial charge in [-0.15, -0.1) is 0 Å². The van der Waals surface area contributed by atoms with Gasteiger partial charge in [0.2, 0.25) is 10.0 Å². The fourth-order valence-corrected chi connectivity index (χ4v) is 5.31. The summed E-state index contributed by atoms with van der Waals surface area (Å²) in [5, 5.41) is 2.58. The van der Waals surface area contributed by atoms with E-state index in [1.54, 1.807) is 18.2 Å². The van der Waals surface area contributed by atoms with Crippen LogP contribution in [0.1, 0.15) is 54.9 Å². The van der Waals surface area contributed by atoms with Gasteiger partial charge in [0.25, 0.3) is 5.91 Å². The molecule has 0 atom stereocenters. The van der Waals surface area contributed by atoms with Crippen LogP contribution in [0.3, 0.4) is 0 Å². The Kier molecular flexibility index (Phi) is 8.10. The standard InChI is InChI=1S/C24H30N2O6S/c1-17(2)18-7-9-19(10-8-18)24(28)32-16-23(27)25-20-11-12-21(31-3)22(15-20)33(29,30)26-13-5-4-6-14-26/h7-12,15,17H,4-6,13-14,16H2,1-3H3,(H,25,27). The third kappa shape index (κ3) is 6.11. The van der Waals surface area contributed by atoms with Crippen molar-refractivity contribution in [3.63, 3.8) is 0 Å². The Morgan fingerprint density at radius 1 is 1.03 bits per heavy atom. The molecule has 0 radical (unpaired) electrons. The lowest BCUT2D eigenvalue weighted by molar-refractivity contribution is -0.119. The van der Waals surface area contributed by atoms with Crippen LogP contribution in [0.2, 0.25) is 0 Å². The first kappa shape index (κ1) is 24.7. The number of nitrogens with one attached hydrogen (secondary N) is 1. The lowest BCUT2D eigenvalue weighted by Crippen LogP contribution is -2.35. The SMILES string of the molecule is COc1ccc(NC(=O)COC(=O)c2ccc(C(C)C)cc2)cc1S(=O)(=O)N1CCCCC1. The average molecular weight is 475 g/mol. The zero-order valence-electron chi connectivity index (χ0n) is 19.2. The third-order valence-electron chi connectivity index (χ3n) is 5.53. The Morgan fingerprint density at radius 3 is 2.30 bits per heavy atom. The predicted octanol–water partition coefficient (Wildman–Crippen LogP) is 3.79. The van der Waals surface area contributed by atoms with Crippen LogP contribution < -0.4 is 10.1 Å². The number of hydrogen-bond donors (Lipinski definition) is 1. The number of amides is 1. The Labute approximate surface area is 194 Å². The van der Waals surface area contributed by atoms with Gasteiger partial charge in [0.05, 0.1) is 12.7 Å². The van der Waals surface area contributed by atoms with E-state index >= 15 is 0 Å². The molecule has 178 valence electrons. The molecule has 0 spiro atoms. The van der Waals surface area contributed by atoms with Crippen molar-refractivity contribution in [2.75, 3.05) is 32.1 Å². The summed E-state index contributed by atoms with van der Waals surface area (Å²) in [6, 6.07) is 11.4. The number of anilines is 1. The molecule has 1 aliphatic rings. The minimum Gasteiger partial charge on any atom is -0.495 e. The maximum absolute atomic E-state index is 13.1. The highest BCUT2D eigenvalue weighted by molar-refractivity contribution is 7.89. The summed E-state index contributed by atoms with van der Waals surface area (Å²) < 4.78 is 38.0. The molecule has 1 aliphatic heterocycles. The molecule has 0 aliphatic carbocycles. The predicted molar refractivity (Wildman–Crippen MR) is 125 cm³/mol. The molecule has 1 N–H and O–H groups in total. The van der Waals surface area contributed by atoms with Gasteiger partial charge in [-0.05, 0) is 54.7 Å². The molecule has 33 heavy (non-hydrogen) atoms. The Bertz CT molecular complexity index is 1090. The van der Waals surface area contributed by atoms with Gasteiger partial charge in [0.1, 0.15) is 10.6 Å². The highest BCUT2D eigenvalue weighted by Gasteiger charge is 2.29. The van der Waals surface area contributed by atoms with E-state index in [2.05, 4.69) is 19.2 Å². The lowest BCUT2D eigenvalue weighted by atomic mass is 10.0. The zero-order valence-corrected chi connectivity index (χ0v) is 20.0. The fourth-order valence-electron chi connectivity index (χ4n) is 3.62. The molecule has 1 heterocycles. The van der Waals surface area contributed by atoms with E-state index in [0.717, 1.165) is 24.8 Å². The molecule has 0 unspecified atom stereocenters. The monoisotopic (exact) mass is 474 g/mol. The Hall–Kier alpha value is -2.91. The van der Waals surface area contributed by atoms with Crippen molar-refractivity contribution in [3.8, 4) is 5.75 Å². The first-order valence-electron chi connectivity index (χ1n) is 11.0. The summed E-state index contributed by atoms with van der Waals surface area (Å²) in [4.78, 5) is 24.5. The molecule has 0 saturated carbocycles. The second-order valence-corrected chi connectivity index (χ2v) is 10.1. The van der Waals surface area contributed by atoms with Gasteiger partial charge in [0, 0.05) is 18.8 Å². The van der Waals surface area contributed by atoms with E-state index in [0.29, 0.717) is 24.6 Å². The van der Waals surface area contributed by atoms with Crippen LogP contribution in [0.15, 0.2) is 47.4 Å². The van der Waals surface area contributed by atoms with Crippen LogP contribution in [0, 0.1) is 0 Å². The number of sulfonamides is 1. The van der Waals surface area contributed by atoms with Gasteiger partial charge in [0.15, 0.2) is 6.61 Å². The van der Waals surface area contributed by atoms with Crippen molar-refractivity contribution in [2.45, 2.75) is 43.9 Å². The van der Waals surface area contributed by atoms with E-state index < -0.39 is 28.5 Å². The number of rotatable bonds is 8. The number of ether oxygens (including phenoxy) is 2. The second-order valence-electron chi connectivity index (χ2n) is 8.23. The molecule has 1 amide bonds. The number of benzene rings is 2. The van der Waals surface area contributed by atoms with Gasteiger partial charge in [-0.2, -0.15) is 4.31 Å². The van der Waals surface area contributed by atoms with Crippen molar-refractivity contribution >= 4 is 27.6 Å². The Morgan fingerprint density at radius 2 is 1.70 bits per heavy atom. The van der Waals surface area contributed by atoms with Crippen LogP contribution in [0.5, 0.6) is 5.75 Å². The van der Waals surface area contributed by atoms with Crippen molar-refractivity contribution in [1.82, 2.24) is 4.31 Å². The van der Waals surface area contributed by atoms with Gasteiger partial charge >= 0.3 is 5.97 Å². The quantitative estimate of drug-likeness (QED) is 0.584. The van der Waals surface area contributed by atoms with E-state index in [9.17, 15) is 18.0 Å². The van der Waals surface area contributed by atoms with Gasteiger partial charge in [-0.25, -0.2) is 13.2 Å². The highest BCUT2D eigenvalue weighted by Crippen LogP contribution is 2.31. The van der Waals surface area contributed by atoms with Crippen molar-refractivity contribution in [1.29, 1.82) is 0 Å². The molecule has 1 fully saturated rings. The van der Waals surface area contributed by atoms with Crippen LogP contribution >= 0.6 is 0 Å². The van der Waals surface area contributed by atoms with Crippen molar-refractivity contribution in [2.24, 2.45) is 0 Å². The molecule has 0 aromatic heterocycles. The van der Waals surface area contributed by atoms with E-state index in [-0.39, 0.29) is 16.3 Å². The fraction of sp³-hybridized carbons (Fsp3) is 0.417. The third-order valence-corrected chi connectivity index (χ3v) is 7.45. The van der Waals surface area contributed by atoms with Crippen molar-refractivity contribution in [3.05, 3.63) is 53.6 Å². The van der Waals surface area contributed by atoms with Crippen LogP contribution in [-0.4, -0.2) is 51.4 Å². The number of carbonyl (C=O) groups is 2. The number of piperidine rings is 1. The minimum atomic E-state index is -3.76. The molecule has 0 bridgehead atoms. The van der Waals surface area contributed by atoms with Crippen molar-refractivity contribution < 1.29 is 27.5 Å². The van der Waals surface area contributed by atoms with Gasteiger partial charge in [-0.1, -0.05) is 32.4 Å². The molecule has 2 aromatic carbocycles. The summed E-state index contributed by atoms with van der Waals surface area (Å²) in [5.41, 5.74) is 1.72. The number of carbonyl (C=O) groups excluding carboxylic acids is 2. The van der Waals surface area contributed by atoms with E-state index in [1.165, 1.54) is 23.5 Å². The molecule has 9 heteroatoms. The number of esters is 1. The second kappa shape index (κ2) is 10.8. The number of methoxy groups -OCH3 is 1. The number of hydrogen-bond acceptors (Lipinski definition) is 6. The van der Waals surface area contributed by atoms with E-state index in [1.807, 2.05) is 12.1 Å². The average Bonchev–Trinajstić information content (AvgIpc) is 2.83. The number of nitrogens with zero attached hydrogens (tertiary/aromatic N) is 1. The summed E-state index contributed by atoms with van der Waals surface area (Å²) in [7, 11) is -2.36. The topological polar surface area (TPSA) is 102 Å². The minimum absolute atomic E-state index is 0.00747. The largest absolute Gasteiger partial charge is 0.495 e. The Balaban J connectivity index is 1.66. The van der Waals surface area contributed by atoms with Gasteiger partial charge < -0.3 is 14.8 Å². The maximum Gasteiger partial charge on any atom is 0.338 e. The smallest absolute Gasteiger partial charge is 0.338 e. The molecule has 2 aromatic rings. The molecule has 1 saturated heterocycles. The van der Waals surface area contributed by atoms with Crippen LogP contribution in [-0.2, 0) is 19.6 Å². The van der Waals surface area contributed by atoms with E-state index in [4.69, 9.17) is 9.47 Å². The molecule has 8 nitrogen and oxygen atoms in total. The highest BCUT2D eigenvalue weighted by atomic mass is 32.2. The summed E-state index contributed by atoms with van der Waals surface area (Å²) in [5.74, 6) is -0.638. The van der Waals surface area contributed by atoms with Crippen LogP contribution in [0.4, 0.5) is 5.69 Å². The summed E-state index contributed by atoms with van der Waals surface area (Å²) >= 11 is 0. The molecular formula is C24H30N2O6S. The maximum atomic E-state index is 13.1. The van der Waals surface area contributed by atoms with Gasteiger partial charge in [-0.3, -0.25) is 4.79 Å². The first-order valence-corrected chi connectivity index (χ1v) is 12.4. The zero-order chi connectivity index (χ0) is 24.0. The summed E-state index contributed by atoms with van der Waals surface area (Å²) in [6.07, 6.45) is 2.62. The normalized spacial score (nSPS) is 14.7. The molecular weight excluding hydrogens is 444 g/mol. The first-order chi connectivity index (χ1) is 15.7.